The second kappa shape index (κ2) is 6.27. The summed E-state index contributed by atoms with van der Waals surface area (Å²) in [6.07, 6.45) is 0.805. The molecule has 1 aromatic carbocycles. The smallest absolute Gasteiger partial charge is 0.201 e. The van der Waals surface area contributed by atoms with Gasteiger partial charge in [-0.1, -0.05) is 6.07 Å². The van der Waals surface area contributed by atoms with E-state index >= 15 is 0 Å². The standard InChI is InChI=1S/C9H10BrF2NO2S/c10-8-7(11)4-3-6(9(8)12)2-1-5-13-16(14)15/h3-4,16H,1-2,5H2,(H,13,14,15). The lowest BCUT2D eigenvalue weighted by Crippen LogP contribution is -2.13. The molecule has 0 unspecified atom stereocenters. The molecular formula is C9H10BrF2NO2S. The minimum absolute atomic E-state index is 0.187. The molecule has 16 heavy (non-hydrogen) atoms. The molecule has 3 nitrogen and oxygen atoms in total. The molecule has 90 valence electrons. The van der Waals surface area contributed by atoms with Gasteiger partial charge in [-0.2, -0.15) is 0 Å². The quantitative estimate of drug-likeness (QED) is 0.494. The molecule has 0 aliphatic carbocycles. The highest BCUT2D eigenvalue weighted by Gasteiger charge is 2.10. The largest absolute Gasteiger partial charge is 0.218 e. The number of aryl methyl sites for hydroxylation is 1. The molecule has 0 bridgehead atoms. The summed E-state index contributed by atoms with van der Waals surface area (Å²) in [5.74, 6) is -1.28. The fourth-order valence-electron chi connectivity index (χ4n) is 1.21. The van der Waals surface area contributed by atoms with Gasteiger partial charge in [0.1, 0.15) is 11.6 Å². The van der Waals surface area contributed by atoms with Gasteiger partial charge >= 0.3 is 0 Å². The van der Waals surface area contributed by atoms with Crippen molar-refractivity contribution < 1.29 is 17.2 Å². The zero-order valence-electron chi connectivity index (χ0n) is 8.17. The van der Waals surface area contributed by atoms with Gasteiger partial charge in [-0.05, 0) is 40.4 Å². The van der Waals surface area contributed by atoms with Crippen LogP contribution in [0.25, 0.3) is 0 Å². The van der Waals surface area contributed by atoms with Crippen LogP contribution in [0.2, 0.25) is 0 Å². The van der Waals surface area contributed by atoms with Gasteiger partial charge in [-0.15, -0.1) is 0 Å². The third-order valence-corrected chi connectivity index (χ3v) is 3.19. The van der Waals surface area contributed by atoms with Crippen LogP contribution in [0, 0.1) is 11.6 Å². The monoisotopic (exact) mass is 313 g/mol. The first-order valence-corrected chi connectivity index (χ1v) is 6.49. The van der Waals surface area contributed by atoms with E-state index in [9.17, 15) is 17.2 Å². The van der Waals surface area contributed by atoms with Crippen molar-refractivity contribution in [3.8, 4) is 0 Å². The van der Waals surface area contributed by atoms with Crippen molar-refractivity contribution in [2.24, 2.45) is 0 Å². The van der Waals surface area contributed by atoms with Crippen LogP contribution in [0.4, 0.5) is 8.78 Å². The van der Waals surface area contributed by atoms with Gasteiger partial charge in [0.2, 0.25) is 10.9 Å². The molecule has 0 aromatic heterocycles. The first kappa shape index (κ1) is 13.5. The molecule has 0 aliphatic heterocycles. The molecule has 0 amide bonds. The Kier molecular flexibility index (Phi) is 5.30. The minimum atomic E-state index is -2.61. The molecular weight excluding hydrogens is 304 g/mol. The maximum Gasteiger partial charge on any atom is 0.201 e. The van der Waals surface area contributed by atoms with Gasteiger partial charge in [0.15, 0.2) is 0 Å². The van der Waals surface area contributed by atoms with Gasteiger partial charge in [0, 0.05) is 6.54 Å². The SMILES string of the molecule is O=[SH](=O)NCCCc1ccc(F)c(Br)c1F. The van der Waals surface area contributed by atoms with Crippen LogP contribution < -0.4 is 4.72 Å². The zero-order valence-corrected chi connectivity index (χ0v) is 10.7. The fraction of sp³-hybridized carbons (Fsp3) is 0.333. The molecule has 7 heteroatoms. The minimum Gasteiger partial charge on any atom is -0.218 e. The molecule has 1 N–H and O–H groups in total. The highest BCUT2D eigenvalue weighted by molar-refractivity contribution is 9.10. The average Bonchev–Trinajstić information content (AvgIpc) is 2.23. The summed E-state index contributed by atoms with van der Waals surface area (Å²) in [7, 11) is -2.61. The van der Waals surface area contributed by atoms with Gasteiger partial charge in [0.25, 0.3) is 0 Å². The van der Waals surface area contributed by atoms with Crippen LogP contribution in [-0.4, -0.2) is 15.0 Å². The number of nitrogens with one attached hydrogen (secondary N) is 1. The van der Waals surface area contributed by atoms with E-state index in [2.05, 4.69) is 20.7 Å². The van der Waals surface area contributed by atoms with Crippen LogP contribution in [0.15, 0.2) is 16.6 Å². The Morgan fingerprint density at radius 1 is 1.31 bits per heavy atom. The molecule has 0 aliphatic rings. The van der Waals surface area contributed by atoms with Crippen molar-refractivity contribution in [3.63, 3.8) is 0 Å². The molecule has 0 atom stereocenters. The molecule has 0 radical (unpaired) electrons. The van der Waals surface area contributed by atoms with E-state index < -0.39 is 22.5 Å². The van der Waals surface area contributed by atoms with E-state index in [1.54, 1.807) is 0 Å². The predicted octanol–water partition coefficient (Wildman–Crippen LogP) is 1.78. The van der Waals surface area contributed by atoms with E-state index in [0.717, 1.165) is 0 Å². The summed E-state index contributed by atoms with van der Waals surface area (Å²) in [4.78, 5) is 0. The molecule has 0 fully saturated rings. The summed E-state index contributed by atoms with van der Waals surface area (Å²) < 4.78 is 48.7. The molecule has 1 rings (SSSR count). The second-order valence-corrected chi connectivity index (χ2v) is 4.73. The van der Waals surface area contributed by atoms with E-state index in [1.165, 1.54) is 12.1 Å². The zero-order chi connectivity index (χ0) is 12.1. The van der Waals surface area contributed by atoms with E-state index in [4.69, 9.17) is 0 Å². The van der Waals surface area contributed by atoms with Crippen molar-refractivity contribution in [2.45, 2.75) is 12.8 Å². The van der Waals surface area contributed by atoms with E-state index in [-0.39, 0.29) is 11.0 Å². The summed E-state index contributed by atoms with van der Waals surface area (Å²) >= 11 is 2.80. The van der Waals surface area contributed by atoms with Crippen molar-refractivity contribution in [1.82, 2.24) is 4.72 Å². The third kappa shape index (κ3) is 3.80. The van der Waals surface area contributed by atoms with E-state index in [0.29, 0.717) is 18.4 Å². The molecule has 0 spiro atoms. The second-order valence-electron chi connectivity index (χ2n) is 3.10. The number of rotatable bonds is 5. The van der Waals surface area contributed by atoms with Crippen molar-refractivity contribution >= 4 is 26.8 Å². The molecule has 0 heterocycles. The number of thiol groups is 1. The Morgan fingerprint density at radius 3 is 2.62 bits per heavy atom. The van der Waals surface area contributed by atoms with Crippen LogP contribution in [-0.2, 0) is 17.3 Å². The number of hydrogen-bond donors (Lipinski definition) is 2. The number of halogens is 3. The van der Waals surface area contributed by atoms with Gasteiger partial charge in [-0.25, -0.2) is 21.9 Å². The number of benzene rings is 1. The number of hydrogen-bond acceptors (Lipinski definition) is 2. The lowest BCUT2D eigenvalue weighted by Gasteiger charge is -2.05. The average molecular weight is 314 g/mol. The summed E-state index contributed by atoms with van der Waals surface area (Å²) in [6, 6.07) is 2.52. The van der Waals surface area contributed by atoms with Crippen LogP contribution in [0.1, 0.15) is 12.0 Å². The Labute approximate surface area is 102 Å². The molecule has 0 saturated carbocycles. The molecule has 1 aromatic rings. The van der Waals surface area contributed by atoms with Crippen molar-refractivity contribution in [3.05, 3.63) is 33.8 Å². The van der Waals surface area contributed by atoms with Crippen LogP contribution in [0.5, 0.6) is 0 Å². The normalized spacial score (nSPS) is 11.0. The highest BCUT2D eigenvalue weighted by atomic mass is 79.9. The van der Waals surface area contributed by atoms with Gasteiger partial charge < -0.3 is 0 Å². The maximum atomic E-state index is 13.4. The first-order chi connectivity index (χ1) is 7.52. The maximum absolute atomic E-state index is 13.4. The topological polar surface area (TPSA) is 46.2 Å². The Balaban J connectivity index is 2.58. The third-order valence-electron chi connectivity index (χ3n) is 1.98. The summed E-state index contributed by atoms with van der Waals surface area (Å²) in [5, 5.41) is 0. The van der Waals surface area contributed by atoms with E-state index in [1.807, 2.05) is 0 Å². The van der Waals surface area contributed by atoms with Gasteiger partial charge in [-0.3, -0.25) is 0 Å². The Morgan fingerprint density at radius 2 is 2.00 bits per heavy atom. The fourth-order valence-corrected chi connectivity index (χ4v) is 1.94. The van der Waals surface area contributed by atoms with Crippen LogP contribution >= 0.6 is 15.9 Å². The lowest BCUT2D eigenvalue weighted by atomic mass is 10.1. The summed E-state index contributed by atoms with van der Waals surface area (Å²) in [6.45, 7) is 0.243. The van der Waals surface area contributed by atoms with Gasteiger partial charge in [0.05, 0.1) is 4.47 Å². The molecule has 0 saturated heterocycles. The Hall–Kier alpha value is -0.530. The van der Waals surface area contributed by atoms with Crippen molar-refractivity contribution in [2.75, 3.05) is 6.54 Å². The predicted molar refractivity (Wildman–Crippen MR) is 60.7 cm³/mol. The van der Waals surface area contributed by atoms with Crippen LogP contribution in [0.3, 0.4) is 0 Å². The lowest BCUT2D eigenvalue weighted by molar-refractivity contribution is 0.557. The van der Waals surface area contributed by atoms with Crippen molar-refractivity contribution in [1.29, 1.82) is 0 Å². The Bertz CT molecular complexity index is 443. The highest BCUT2D eigenvalue weighted by Crippen LogP contribution is 2.23. The summed E-state index contributed by atoms with van der Waals surface area (Å²) in [5.41, 5.74) is 0.358. The first-order valence-electron chi connectivity index (χ1n) is 4.52.